The lowest BCUT2D eigenvalue weighted by Crippen LogP contribution is -2.24. The van der Waals surface area contributed by atoms with Crippen molar-refractivity contribution in [2.24, 2.45) is 5.92 Å². The second-order valence-corrected chi connectivity index (χ2v) is 4.73. The molecule has 1 aromatic carbocycles. The summed E-state index contributed by atoms with van der Waals surface area (Å²) in [7, 11) is 1.59. The Morgan fingerprint density at radius 1 is 1.19 bits per heavy atom. The largest absolute Gasteiger partial charge is 0.497 e. The summed E-state index contributed by atoms with van der Waals surface area (Å²) in [5.74, 6) is 1.18. The Morgan fingerprint density at radius 2 is 1.69 bits per heavy atom. The molecule has 88 valence electrons. The zero-order chi connectivity index (χ0) is 12.1. The molecule has 0 heterocycles. The van der Waals surface area contributed by atoms with Gasteiger partial charge < -0.3 is 9.47 Å². The number of esters is 1. The van der Waals surface area contributed by atoms with Crippen molar-refractivity contribution < 1.29 is 14.3 Å². The summed E-state index contributed by atoms with van der Waals surface area (Å²) in [5.41, 5.74) is 0. The van der Waals surface area contributed by atoms with E-state index in [0.717, 1.165) is 5.75 Å². The van der Waals surface area contributed by atoms with Gasteiger partial charge in [0.1, 0.15) is 16.3 Å². The van der Waals surface area contributed by atoms with Crippen molar-refractivity contribution in [3.63, 3.8) is 0 Å². The van der Waals surface area contributed by atoms with Gasteiger partial charge >= 0.3 is 5.97 Å². The maximum atomic E-state index is 11.6. The lowest BCUT2D eigenvalue weighted by molar-refractivity contribution is -0.134. The number of carbonyl (C=O) groups excluding carboxylic acids is 1. The van der Waals surface area contributed by atoms with E-state index in [1.54, 1.807) is 31.4 Å². The third kappa shape index (κ3) is 3.52. The van der Waals surface area contributed by atoms with Gasteiger partial charge in [-0.15, -0.1) is 0 Å². The molecule has 1 rings (SSSR count). The molecular formula is C12H15BrO3. The van der Waals surface area contributed by atoms with Gasteiger partial charge in [0.25, 0.3) is 0 Å². The van der Waals surface area contributed by atoms with Crippen molar-refractivity contribution in [2.45, 2.75) is 18.7 Å². The number of alkyl halides is 1. The van der Waals surface area contributed by atoms with Crippen LogP contribution in [0.4, 0.5) is 0 Å². The number of benzene rings is 1. The Hall–Kier alpha value is -1.03. The molecule has 0 spiro atoms. The van der Waals surface area contributed by atoms with E-state index in [1.165, 1.54) is 0 Å². The van der Waals surface area contributed by atoms with Gasteiger partial charge in [-0.2, -0.15) is 0 Å². The van der Waals surface area contributed by atoms with Crippen molar-refractivity contribution in [3.05, 3.63) is 24.3 Å². The van der Waals surface area contributed by atoms with Crippen LogP contribution < -0.4 is 9.47 Å². The lowest BCUT2D eigenvalue weighted by Gasteiger charge is -2.12. The maximum Gasteiger partial charge on any atom is 0.325 e. The fourth-order valence-corrected chi connectivity index (χ4v) is 1.18. The summed E-state index contributed by atoms with van der Waals surface area (Å²) in [4.78, 5) is 11.3. The van der Waals surface area contributed by atoms with Crippen molar-refractivity contribution in [1.29, 1.82) is 0 Å². The smallest absolute Gasteiger partial charge is 0.325 e. The Bertz CT molecular complexity index is 346. The molecule has 0 aliphatic heterocycles. The van der Waals surface area contributed by atoms with E-state index in [9.17, 15) is 4.79 Å². The van der Waals surface area contributed by atoms with E-state index in [-0.39, 0.29) is 16.7 Å². The molecule has 0 saturated heterocycles. The molecule has 0 bridgehead atoms. The number of hydrogen-bond donors (Lipinski definition) is 0. The Kier molecular flexibility index (Phi) is 4.80. The van der Waals surface area contributed by atoms with Gasteiger partial charge in [0.15, 0.2) is 0 Å². The SMILES string of the molecule is COc1ccc(OC(=O)[C@@H](Br)C(C)C)cc1. The van der Waals surface area contributed by atoms with Crippen LogP contribution in [-0.4, -0.2) is 17.9 Å². The average molecular weight is 287 g/mol. The molecule has 0 aliphatic rings. The van der Waals surface area contributed by atoms with E-state index < -0.39 is 0 Å². The summed E-state index contributed by atoms with van der Waals surface area (Å²) in [6.07, 6.45) is 0. The van der Waals surface area contributed by atoms with Crippen molar-refractivity contribution in [1.82, 2.24) is 0 Å². The van der Waals surface area contributed by atoms with Gasteiger partial charge in [0, 0.05) is 0 Å². The highest BCUT2D eigenvalue weighted by Crippen LogP contribution is 2.20. The standard InChI is InChI=1S/C12H15BrO3/c1-8(2)11(13)12(14)16-10-6-4-9(15-3)5-7-10/h4-8,11H,1-3H3/t11-/m0/s1. The third-order valence-electron chi connectivity index (χ3n) is 2.09. The first-order chi connectivity index (χ1) is 7.54. The summed E-state index contributed by atoms with van der Waals surface area (Å²) >= 11 is 3.29. The van der Waals surface area contributed by atoms with E-state index in [1.807, 2.05) is 13.8 Å². The summed E-state index contributed by atoms with van der Waals surface area (Å²) < 4.78 is 10.2. The first-order valence-corrected chi connectivity index (χ1v) is 5.96. The minimum Gasteiger partial charge on any atom is -0.497 e. The fourth-order valence-electron chi connectivity index (χ4n) is 1.09. The van der Waals surface area contributed by atoms with Gasteiger partial charge in [0.05, 0.1) is 7.11 Å². The van der Waals surface area contributed by atoms with Crippen molar-refractivity contribution in [2.75, 3.05) is 7.11 Å². The molecule has 3 nitrogen and oxygen atoms in total. The van der Waals surface area contributed by atoms with Crippen LogP contribution in [0.1, 0.15) is 13.8 Å². The molecule has 16 heavy (non-hydrogen) atoms. The number of halogens is 1. The quantitative estimate of drug-likeness (QED) is 0.485. The van der Waals surface area contributed by atoms with Gasteiger partial charge in [-0.3, -0.25) is 4.79 Å². The van der Waals surface area contributed by atoms with E-state index in [0.29, 0.717) is 5.75 Å². The van der Waals surface area contributed by atoms with Crippen molar-refractivity contribution >= 4 is 21.9 Å². The zero-order valence-electron chi connectivity index (χ0n) is 9.57. The van der Waals surface area contributed by atoms with Crippen LogP contribution in [0, 0.1) is 5.92 Å². The molecule has 0 aliphatic carbocycles. The predicted molar refractivity (Wildman–Crippen MR) is 66.2 cm³/mol. The molecule has 1 atom stereocenters. The summed E-state index contributed by atoms with van der Waals surface area (Å²) in [5, 5.41) is 0. The van der Waals surface area contributed by atoms with Crippen molar-refractivity contribution in [3.8, 4) is 11.5 Å². The van der Waals surface area contributed by atoms with E-state index in [4.69, 9.17) is 9.47 Å². The van der Waals surface area contributed by atoms with Gasteiger partial charge in [-0.05, 0) is 30.2 Å². The molecular weight excluding hydrogens is 272 g/mol. The maximum absolute atomic E-state index is 11.6. The molecule has 0 radical (unpaired) electrons. The molecule has 0 unspecified atom stereocenters. The summed E-state index contributed by atoms with van der Waals surface area (Å²) in [6, 6.07) is 6.91. The second kappa shape index (κ2) is 5.89. The van der Waals surface area contributed by atoms with Crippen LogP contribution in [0.2, 0.25) is 0 Å². The van der Waals surface area contributed by atoms with E-state index in [2.05, 4.69) is 15.9 Å². The highest BCUT2D eigenvalue weighted by Gasteiger charge is 2.20. The van der Waals surface area contributed by atoms with Crippen LogP contribution in [-0.2, 0) is 4.79 Å². The number of rotatable bonds is 4. The monoisotopic (exact) mass is 286 g/mol. The summed E-state index contributed by atoms with van der Waals surface area (Å²) in [6.45, 7) is 3.91. The van der Waals surface area contributed by atoms with Gasteiger partial charge in [-0.1, -0.05) is 29.8 Å². The highest BCUT2D eigenvalue weighted by molar-refractivity contribution is 9.10. The highest BCUT2D eigenvalue weighted by atomic mass is 79.9. The normalized spacial score (nSPS) is 12.3. The number of ether oxygens (including phenoxy) is 2. The van der Waals surface area contributed by atoms with Crippen LogP contribution in [0.5, 0.6) is 11.5 Å². The Balaban J connectivity index is 2.62. The molecule has 0 saturated carbocycles. The first kappa shape index (κ1) is 13.0. The average Bonchev–Trinajstić information content (AvgIpc) is 2.28. The Labute approximate surface area is 104 Å². The van der Waals surface area contributed by atoms with Crippen LogP contribution >= 0.6 is 15.9 Å². The topological polar surface area (TPSA) is 35.5 Å². The number of carbonyl (C=O) groups is 1. The molecule has 0 aromatic heterocycles. The lowest BCUT2D eigenvalue weighted by atomic mass is 10.1. The second-order valence-electron chi connectivity index (χ2n) is 3.74. The van der Waals surface area contributed by atoms with Gasteiger partial charge in [-0.25, -0.2) is 0 Å². The minimum absolute atomic E-state index is 0.200. The molecule has 0 fully saturated rings. The van der Waals surface area contributed by atoms with Crippen LogP contribution in [0.15, 0.2) is 24.3 Å². The predicted octanol–water partition coefficient (Wildman–Crippen LogP) is 3.02. The number of methoxy groups -OCH3 is 1. The van der Waals surface area contributed by atoms with Gasteiger partial charge in [0.2, 0.25) is 0 Å². The zero-order valence-corrected chi connectivity index (χ0v) is 11.2. The molecule has 0 amide bonds. The van der Waals surface area contributed by atoms with Crippen LogP contribution in [0.3, 0.4) is 0 Å². The van der Waals surface area contributed by atoms with Crippen LogP contribution in [0.25, 0.3) is 0 Å². The third-order valence-corrected chi connectivity index (χ3v) is 3.52. The number of hydrogen-bond acceptors (Lipinski definition) is 3. The van der Waals surface area contributed by atoms with E-state index >= 15 is 0 Å². The fraction of sp³-hybridized carbons (Fsp3) is 0.417. The molecule has 4 heteroatoms. The molecule has 0 N–H and O–H groups in total. The first-order valence-electron chi connectivity index (χ1n) is 5.04. The Morgan fingerprint density at radius 3 is 2.12 bits per heavy atom. The molecule has 1 aromatic rings. The minimum atomic E-state index is -0.283.